The number of ether oxygens (including phenoxy) is 7. The smallest absolute Gasteiger partial charge is 0.239 e. The summed E-state index contributed by atoms with van der Waals surface area (Å²) in [5.41, 5.74) is -1.08. The Hall–Kier alpha value is -3.83. The minimum absolute atomic E-state index is 0.0380. The Morgan fingerprint density at radius 2 is 1.35 bits per heavy atom. The Balaban J connectivity index is 1.53. The standard InChI is InChI=1S/C33H42O19/c1-14-23(38)26(41)28(43)32(49-14)48-13-21-24(39)27(42)29(44)33(51-21)52-31-25(40)22-17(37)11-16(45-7-4-34)12-20(22)50-30(31)15-2-3-18(46-8-5-35)19(10-15)47-9-6-36/h2-3,10-12,14,21,23-24,26-29,32-39,41-44H,4-9,13H2,1H3/t14?,21?,23?,24-,26?,27?,28?,29+,32?,33+/m0/s1. The molecule has 1 aromatic heterocycles. The number of fused-ring (bicyclic) bond motifs is 1. The van der Waals surface area contributed by atoms with Gasteiger partial charge in [-0.3, -0.25) is 4.79 Å². The van der Waals surface area contributed by atoms with Gasteiger partial charge in [0.1, 0.15) is 85.0 Å². The zero-order valence-electron chi connectivity index (χ0n) is 27.8. The first-order valence-corrected chi connectivity index (χ1v) is 16.3. The van der Waals surface area contributed by atoms with E-state index in [0.717, 1.165) is 6.07 Å². The highest BCUT2D eigenvalue weighted by Crippen LogP contribution is 2.40. The number of aliphatic hydroxyl groups is 9. The molecule has 2 saturated heterocycles. The summed E-state index contributed by atoms with van der Waals surface area (Å²) in [7, 11) is 0. The SMILES string of the molecule is CC1OC(OCC2O[C@H](Oc3c(-c4ccc(OCCO)c(OCCO)c4)oc4cc(OCCO)cc(O)c4c3=O)[C@H](O)C(O)[C@H]2O)C(O)C(O)C1O. The molecule has 288 valence electrons. The van der Waals surface area contributed by atoms with Gasteiger partial charge in [-0.2, -0.15) is 0 Å². The third kappa shape index (κ3) is 8.36. The molecule has 2 aliphatic rings. The van der Waals surface area contributed by atoms with E-state index in [1.165, 1.54) is 31.2 Å². The predicted molar refractivity (Wildman–Crippen MR) is 173 cm³/mol. The van der Waals surface area contributed by atoms with Crippen molar-refractivity contribution in [3.8, 4) is 40.1 Å². The normalized spacial score (nSPS) is 29.2. The van der Waals surface area contributed by atoms with Crippen LogP contribution in [0.5, 0.6) is 28.7 Å². The molecule has 3 aromatic rings. The molecule has 19 heteroatoms. The molecule has 0 radical (unpaired) electrons. The molecule has 7 unspecified atom stereocenters. The second-order valence-electron chi connectivity index (χ2n) is 11.9. The van der Waals surface area contributed by atoms with Gasteiger partial charge in [-0.1, -0.05) is 0 Å². The van der Waals surface area contributed by atoms with E-state index >= 15 is 0 Å². The maximum Gasteiger partial charge on any atom is 0.239 e. The molecule has 10 N–H and O–H groups in total. The average Bonchev–Trinajstić information content (AvgIpc) is 3.13. The van der Waals surface area contributed by atoms with Gasteiger partial charge in [-0.25, -0.2) is 0 Å². The van der Waals surface area contributed by atoms with E-state index < -0.39 is 84.9 Å². The molecule has 19 nitrogen and oxygen atoms in total. The summed E-state index contributed by atoms with van der Waals surface area (Å²) in [6.07, 6.45) is -16.3. The van der Waals surface area contributed by atoms with Crippen molar-refractivity contribution < 1.29 is 88.6 Å². The van der Waals surface area contributed by atoms with Crippen LogP contribution in [0.3, 0.4) is 0 Å². The van der Waals surface area contributed by atoms with Crippen LogP contribution in [0.25, 0.3) is 22.3 Å². The van der Waals surface area contributed by atoms with E-state index in [1.807, 2.05) is 0 Å². The Labute approximate surface area is 294 Å². The summed E-state index contributed by atoms with van der Waals surface area (Å²) in [6.45, 7) is -0.648. The molecule has 0 spiro atoms. The second-order valence-corrected chi connectivity index (χ2v) is 11.9. The molecule has 2 aromatic carbocycles. The van der Waals surface area contributed by atoms with Gasteiger partial charge < -0.3 is 88.6 Å². The molecule has 52 heavy (non-hydrogen) atoms. The lowest BCUT2D eigenvalue weighted by molar-refractivity contribution is -0.318. The summed E-state index contributed by atoms with van der Waals surface area (Å²) in [5, 5.41) is 101. The first-order valence-electron chi connectivity index (χ1n) is 16.3. The summed E-state index contributed by atoms with van der Waals surface area (Å²) < 4.78 is 45.1. The molecule has 10 atom stereocenters. The third-order valence-corrected chi connectivity index (χ3v) is 8.31. The highest BCUT2D eigenvalue weighted by Gasteiger charge is 2.48. The van der Waals surface area contributed by atoms with Crippen molar-refractivity contribution in [3.05, 3.63) is 40.6 Å². The lowest BCUT2D eigenvalue weighted by Crippen LogP contribution is -2.61. The lowest BCUT2D eigenvalue weighted by atomic mass is 9.98. The molecular weight excluding hydrogens is 700 g/mol. The van der Waals surface area contributed by atoms with Gasteiger partial charge in [0.15, 0.2) is 23.5 Å². The Kier molecular flexibility index (Phi) is 13.1. The minimum Gasteiger partial charge on any atom is -0.507 e. The molecule has 0 amide bonds. The third-order valence-electron chi connectivity index (χ3n) is 8.31. The highest BCUT2D eigenvalue weighted by molar-refractivity contribution is 5.88. The first-order chi connectivity index (χ1) is 24.9. The fraction of sp³-hybridized carbons (Fsp3) is 0.545. The topological polar surface area (TPSA) is 297 Å². The van der Waals surface area contributed by atoms with E-state index in [4.69, 9.17) is 37.6 Å². The average molecular weight is 743 g/mol. The summed E-state index contributed by atoms with van der Waals surface area (Å²) in [4.78, 5) is 14.1. The molecule has 3 heterocycles. The van der Waals surface area contributed by atoms with Crippen LogP contribution in [-0.2, 0) is 14.2 Å². The van der Waals surface area contributed by atoms with E-state index in [1.54, 1.807) is 0 Å². The maximum atomic E-state index is 14.1. The zero-order chi connectivity index (χ0) is 37.7. The van der Waals surface area contributed by atoms with Crippen molar-refractivity contribution >= 4 is 11.0 Å². The fourth-order valence-corrected chi connectivity index (χ4v) is 5.60. The van der Waals surface area contributed by atoms with Gasteiger partial charge >= 0.3 is 0 Å². The number of phenolic OH excluding ortho intramolecular Hbond substituents is 1. The number of aliphatic hydroxyl groups excluding tert-OH is 9. The number of aromatic hydroxyl groups is 1. The van der Waals surface area contributed by atoms with E-state index in [-0.39, 0.29) is 79.2 Å². The van der Waals surface area contributed by atoms with Gasteiger partial charge in [0.2, 0.25) is 17.5 Å². The number of hydrogen-bond acceptors (Lipinski definition) is 19. The van der Waals surface area contributed by atoms with Crippen LogP contribution in [0, 0.1) is 0 Å². The van der Waals surface area contributed by atoms with Crippen molar-refractivity contribution in [1.82, 2.24) is 0 Å². The highest BCUT2D eigenvalue weighted by atomic mass is 16.7. The van der Waals surface area contributed by atoms with Crippen molar-refractivity contribution in [2.75, 3.05) is 46.2 Å². The quantitative estimate of drug-likeness (QED) is 0.0758. The Morgan fingerprint density at radius 1 is 0.712 bits per heavy atom. The van der Waals surface area contributed by atoms with Crippen molar-refractivity contribution in [3.63, 3.8) is 0 Å². The molecule has 5 rings (SSSR count). The van der Waals surface area contributed by atoms with E-state index in [0.29, 0.717) is 0 Å². The van der Waals surface area contributed by atoms with Gasteiger partial charge in [-0.15, -0.1) is 0 Å². The molecule has 0 bridgehead atoms. The summed E-state index contributed by atoms with van der Waals surface area (Å²) >= 11 is 0. The van der Waals surface area contributed by atoms with E-state index in [2.05, 4.69) is 0 Å². The van der Waals surface area contributed by atoms with E-state index in [9.17, 15) is 55.9 Å². The van der Waals surface area contributed by atoms with Crippen LogP contribution in [0.2, 0.25) is 0 Å². The number of phenols is 1. The van der Waals surface area contributed by atoms with Crippen LogP contribution in [0.15, 0.2) is 39.5 Å². The molecule has 0 saturated carbocycles. The van der Waals surface area contributed by atoms with Gasteiger partial charge in [0.05, 0.1) is 32.5 Å². The summed E-state index contributed by atoms with van der Waals surface area (Å²) in [5.74, 6) is -1.31. The van der Waals surface area contributed by atoms with Crippen molar-refractivity contribution in [2.24, 2.45) is 0 Å². The largest absolute Gasteiger partial charge is 0.507 e. The van der Waals surface area contributed by atoms with Crippen LogP contribution in [0.1, 0.15) is 6.92 Å². The van der Waals surface area contributed by atoms with Crippen LogP contribution in [-0.4, -0.2) is 159 Å². The van der Waals surface area contributed by atoms with Crippen molar-refractivity contribution in [1.29, 1.82) is 0 Å². The number of rotatable bonds is 15. The Bertz CT molecular complexity index is 1700. The van der Waals surface area contributed by atoms with Gasteiger partial charge in [-0.05, 0) is 25.1 Å². The minimum atomic E-state index is -1.98. The lowest BCUT2D eigenvalue weighted by Gasteiger charge is -2.42. The van der Waals surface area contributed by atoms with Gasteiger partial charge in [0, 0.05) is 17.7 Å². The molecular formula is C33H42O19. The van der Waals surface area contributed by atoms with Crippen LogP contribution >= 0.6 is 0 Å². The fourth-order valence-electron chi connectivity index (χ4n) is 5.60. The zero-order valence-corrected chi connectivity index (χ0v) is 27.8. The van der Waals surface area contributed by atoms with Crippen LogP contribution in [0.4, 0.5) is 0 Å². The van der Waals surface area contributed by atoms with Gasteiger partial charge in [0.25, 0.3) is 0 Å². The molecule has 0 aliphatic carbocycles. The maximum absolute atomic E-state index is 14.1. The molecule has 2 fully saturated rings. The van der Waals surface area contributed by atoms with Crippen LogP contribution < -0.4 is 24.4 Å². The second kappa shape index (κ2) is 17.3. The monoisotopic (exact) mass is 742 g/mol. The first kappa shape index (κ1) is 39.4. The summed E-state index contributed by atoms with van der Waals surface area (Å²) in [6, 6.07) is 6.59. The predicted octanol–water partition coefficient (Wildman–Crippen LogP) is -2.69. The Morgan fingerprint density at radius 3 is 2.04 bits per heavy atom. The number of hydrogen-bond donors (Lipinski definition) is 10. The molecule has 2 aliphatic heterocycles. The number of benzene rings is 2. The van der Waals surface area contributed by atoms with Crippen molar-refractivity contribution in [2.45, 2.75) is 68.3 Å².